The fourth-order valence-electron chi connectivity index (χ4n) is 1.83. The molecule has 0 bridgehead atoms. The van der Waals surface area contributed by atoms with Gasteiger partial charge in [-0.05, 0) is 35.6 Å². The van der Waals surface area contributed by atoms with Crippen LogP contribution in [-0.2, 0) is 16.0 Å². The lowest BCUT2D eigenvalue weighted by atomic mass is 10.0. The molecule has 1 heterocycles. The number of rotatable bonds is 5. The lowest BCUT2D eigenvalue weighted by Gasteiger charge is -2.10. The summed E-state index contributed by atoms with van der Waals surface area (Å²) in [4.78, 5) is 23.7. The van der Waals surface area contributed by atoms with Crippen LogP contribution in [-0.4, -0.2) is 18.0 Å². The van der Waals surface area contributed by atoms with E-state index in [2.05, 4.69) is 0 Å². The third kappa shape index (κ3) is 4.70. The van der Waals surface area contributed by atoms with Crippen molar-refractivity contribution in [2.24, 2.45) is 5.73 Å². The van der Waals surface area contributed by atoms with Crippen molar-refractivity contribution in [1.82, 2.24) is 0 Å². The summed E-state index contributed by atoms with van der Waals surface area (Å²) in [6, 6.07) is 10.2. The summed E-state index contributed by atoms with van der Waals surface area (Å²) >= 11 is 1.23. The Bertz CT molecular complexity index is 608. The first-order valence-corrected chi connectivity index (χ1v) is 7.31. The van der Waals surface area contributed by atoms with E-state index in [1.54, 1.807) is 29.6 Å². The van der Waals surface area contributed by atoms with Crippen molar-refractivity contribution >= 4 is 29.0 Å². The lowest BCUT2D eigenvalue weighted by molar-refractivity contribution is -0.138. The van der Waals surface area contributed by atoms with E-state index in [0.29, 0.717) is 17.0 Å². The molecule has 1 atom stereocenters. The third-order valence-corrected chi connectivity index (χ3v) is 3.69. The zero-order chi connectivity index (χ0) is 15.2. The highest BCUT2D eigenvalue weighted by atomic mass is 32.1. The van der Waals surface area contributed by atoms with E-state index >= 15 is 0 Å². The van der Waals surface area contributed by atoms with Crippen LogP contribution in [0.1, 0.15) is 21.7 Å². The van der Waals surface area contributed by atoms with Gasteiger partial charge in [0, 0.05) is 11.7 Å². The first-order chi connectivity index (χ1) is 10.0. The Morgan fingerprint density at radius 1 is 1.19 bits per heavy atom. The number of ether oxygens (including phenoxy) is 1. The normalized spacial score (nSPS) is 11.9. The largest absolute Gasteiger partial charge is 0.399 e. The molecular formula is C15H16N2O3S. The Morgan fingerprint density at radius 2 is 1.90 bits per heavy atom. The molecule has 21 heavy (non-hydrogen) atoms. The van der Waals surface area contributed by atoms with Gasteiger partial charge in [0.25, 0.3) is 0 Å². The van der Waals surface area contributed by atoms with Crippen LogP contribution >= 0.6 is 11.3 Å². The number of anilines is 1. The van der Waals surface area contributed by atoms with E-state index in [-0.39, 0.29) is 6.42 Å². The Hall–Kier alpha value is -2.18. The summed E-state index contributed by atoms with van der Waals surface area (Å²) in [7, 11) is 0. The first-order valence-electron chi connectivity index (χ1n) is 6.43. The van der Waals surface area contributed by atoms with Crippen LogP contribution in [0.25, 0.3) is 0 Å². The molecule has 0 fully saturated rings. The predicted octanol–water partition coefficient (Wildman–Crippen LogP) is 1.97. The van der Waals surface area contributed by atoms with Gasteiger partial charge in [-0.1, -0.05) is 18.2 Å². The lowest BCUT2D eigenvalue weighted by Crippen LogP contribution is -2.28. The van der Waals surface area contributed by atoms with Crippen LogP contribution in [0.4, 0.5) is 5.69 Å². The van der Waals surface area contributed by atoms with Crippen molar-refractivity contribution in [3.8, 4) is 0 Å². The Morgan fingerprint density at radius 3 is 2.52 bits per heavy atom. The smallest absolute Gasteiger partial charge is 0.355 e. The molecule has 0 unspecified atom stereocenters. The number of carbonyl (C=O) groups is 2. The monoisotopic (exact) mass is 304 g/mol. The molecule has 0 saturated carbocycles. The minimum Gasteiger partial charge on any atom is -0.399 e. The number of thiophene rings is 1. The number of benzene rings is 1. The summed E-state index contributed by atoms with van der Waals surface area (Å²) in [5.41, 5.74) is 13.2. The second kappa shape index (κ2) is 7.01. The molecule has 4 N–H and O–H groups in total. The van der Waals surface area contributed by atoms with Crippen LogP contribution in [0.2, 0.25) is 0 Å². The van der Waals surface area contributed by atoms with Crippen molar-refractivity contribution in [2.75, 3.05) is 5.73 Å². The van der Waals surface area contributed by atoms with E-state index in [4.69, 9.17) is 16.2 Å². The number of nitrogen functional groups attached to an aromatic ring is 1. The first kappa shape index (κ1) is 15.2. The van der Waals surface area contributed by atoms with E-state index in [1.165, 1.54) is 11.3 Å². The molecule has 1 aromatic heterocycles. The van der Waals surface area contributed by atoms with Gasteiger partial charge in [0.1, 0.15) is 4.88 Å². The van der Waals surface area contributed by atoms with Gasteiger partial charge in [-0.2, -0.15) is 0 Å². The second-order valence-corrected chi connectivity index (χ2v) is 5.60. The van der Waals surface area contributed by atoms with Gasteiger partial charge in [-0.15, -0.1) is 11.3 Å². The average molecular weight is 304 g/mol. The summed E-state index contributed by atoms with van der Waals surface area (Å²) in [5.74, 6) is -1.24. The van der Waals surface area contributed by atoms with Crippen LogP contribution in [0.5, 0.6) is 0 Å². The van der Waals surface area contributed by atoms with Crippen molar-refractivity contribution in [3.05, 3.63) is 52.2 Å². The van der Waals surface area contributed by atoms with Gasteiger partial charge < -0.3 is 16.2 Å². The molecule has 5 nitrogen and oxygen atoms in total. The molecule has 0 aliphatic heterocycles. The zero-order valence-corrected chi connectivity index (χ0v) is 12.1. The van der Waals surface area contributed by atoms with Gasteiger partial charge in [0.2, 0.25) is 0 Å². The highest BCUT2D eigenvalue weighted by molar-refractivity contribution is 7.12. The Balaban J connectivity index is 1.82. The Kier molecular flexibility index (Phi) is 5.08. The maximum absolute atomic E-state index is 11.7. The van der Waals surface area contributed by atoms with Crippen LogP contribution in [0, 0.1) is 0 Å². The van der Waals surface area contributed by atoms with Gasteiger partial charge in [-0.25, -0.2) is 4.79 Å². The maximum Gasteiger partial charge on any atom is 0.355 e. The summed E-state index contributed by atoms with van der Waals surface area (Å²) in [6.45, 7) is 0. The molecular weight excluding hydrogens is 288 g/mol. The van der Waals surface area contributed by atoms with Gasteiger partial charge in [0.05, 0.1) is 6.42 Å². The number of carbonyl (C=O) groups excluding carboxylic acids is 2. The summed E-state index contributed by atoms with van der Waals surface area (Å²) in [5, 5.41) is 1.74. The molecule has 0 aliphatic carbocycles. The van der Waals surface area contributed by atoms with E-state index in [1.807, 2.05) is 12.1 Å². The molecule has 0 amide bonds. The topological polar surface area (TPSA) is 95.4 Å². The summed E-state index contributed by atoms with van der Waals surface area (Å²) < 4.78 is 4.75. The molecule has 110 valence electrons. The molecule has 1 aromatic carbocycles. The highest BCUT2D eigenvalue weighted by Crippen LogP contribution is 2.12. The van der Waals surface area contributed by atoms with Gasteiger partial charge in [-0.3, -0.25) is 4.79 Å². The maximum atomic E-state index is 11.7. The van der Waals surface area contributed by atoms with Crippen LogP contribution in [0.15, 0.2) is 41.8 Å². The second-order valence-electron chi connectivity index (χ2n) is 4.65. The minimum atomic E-state index is -0.630. The molecule has 2 rings (SSSR count). The molecule has 0 aliphatic rings. The number of hydrogen-bond acceptors (Lipinski definition) is 6. The third-order valence-electron chi connectivity index (χ3n) is 2.84. The quantitative estimate of drug-likeness (QED) is 0.500. The fraction of sp³-hybridized carbons (Fsp3) is 0.200. The van der Waals surface area contributed by atoms with Gasteiger partial charge >= 0.3 is 11.9 Å². The number of nitrogens with two attached hydrogens (primary N) is 2. The number of hydrogen-bond donors (Lipinski definition) is 2. The fourth-order valence-corrected chi connectivity index (χ4v) is 2.43. The average Bonchev–Trinajstić information content (AvgIpc) is 2.95. The molecule has 6 heteroatoms. The van der Waals surface area contributed by atoms with Gasteiger partial charge in [0.15, 0.2) is 0 Å². The van der Waals surface area contributed by atoms with Crippen molar-refractivity contribution in [3.63, 3.8) is 0 Å². The Labute approximate surface area is 126 Å². The molecule has 0 saturated heterocycles. The van der Waals surface area contributed by atoms with Crippen molar-refractivity contribution in [1.29, 1.82) is 0 Å². The highest BCUT2D eigenvalue weighted by Gasteiger charge is 2.17. The summed E-state index contributed by atoms with van der Waals surface area (Å²) in [6.07, 6.45) is 0.504. The predicted molar refractivity (Wildman–Crippen MR) is 81.9 cm³/mol. The molecule has 2 aromatic rings. The zero-order valence-electron chi connectivity index (χ0n) is 11.3. The number of esters is 2. The van der Waals surface area contributed by atoms with E-state index in [0.717, 1.165) is 5.56 Å². The van der Waals surface area contributed by atoms with E-state index < -0.39 is 18.0 Å². The molecule has 0 radical (unpaired) electrons. The van der Waals surface area contributed by atoms with Crippen molar-refractivity contribution in [2.45, 2.75) is 18.9 Å². The van der Waals surface area contributed by atoms with Crippen molar-refractivity contribution < 1.29 is 14.3 Å². The standard InChI is InChI=1S/C15H16N2O3S/c16-11-5-3-10(4-6-11)8-12(17)9-14(18)20-15(19)13-2-1-7-21-13/h1-7,12H,8-9,16-17H2/t12-/m1/s1. The molecule has 0 spiro atoms. The van der Waals surface area contributed by atoms with Crippen LogP contribution in [0.3, 0.4) is 0 Å². The minimum absolute atomic E-state index is 0.0124. The SMILES string of the molecule is Nc1ccc(C[C@@H](N)CC(=O)OC(=O)c2cccs2)cc1. The van der Waals surface area contributed by atoms with Crippen LogP contribution < -0.4 is 11.5 Å². The van der Waals surface area contributed by atoms with E-state index in [9.17, 15) is 9.59 Å².